The standard InChI is InChI=1S/C22H21FN8O3S/c1-25-22-29-12-7-11(3-4-15(12)35-22)33-9-14-18(32)17(23)21(34-14)30-8-13(31-6-2-5-28-31)16-19(24)26-10-27-20(16)30/h2-8,10,14,17-18,21,32H,9H2,1H3,(H,25,29)(H2,24,26,27)/t14-,17+,18-,21-/m1/s1. The van der Waals surface area contributed by atoms with E-state index < -0.39 is 24.6 Å². The van der Waals surface area contributed by atoms with Crippen LogP contribution in [0.3, 0.4) is 0 Å². The normalized spacial score (nSPS) is 22.3. The van der Waals surface area contributed by atoms with Gasteiger partial charge in [-0.15, -0.1) is 0 Å². The van der Waals surface area contributed by atoms with Crippen LogP contribution in [0.1, 0.15) is 6.23 Å². The Kier molecular flexibility index (Phi) is 5.24. The Bertz CT molecular complexity index is 1500. The molecule has 1 aliphatic heterocycles. The molecule has 0 bridgehead atoms. The number of nitrogens with one attached hydrogen (secondary N) is 1. The molecule has 0 radical (unpaired) electrons. The van der Waals surface area contributed by atoms with Crippen LogP contribution in [0.2, 0.25) is 0 Å². The first-order valence-electron chi connectivity index (χ1n) is 10.8. The second kappa shape index (κ2) is 8.45. The van der Waals surface area contributed by atoms with Gasteiger partial charge in [0.25, 0.3) is 0 Å². The zero-order valence-corrected chi connectivity index (χ0v) is 19.3. The Balaban J connectivity index is 1.26. The van der Waals surface area contributed by atoms with Crippen LogP contribution < -0.4 is 15.8 Å². The number of aliphatic hydroxyl groups is 1. The number of aliphatic hydroxyl groups excluding tert-OH is 1. The van der Waals surface area contributed by atoms with Crippen LogP contribution in [0.4, 0.5) is 15.3 Å². The first-order chi connectivity index (χ1) is 17.0. The summed E-state index contributed by atoms with van der Waals surface area (Å²) in [5.74, 6) is 0.778. The fourth-order valence-electron chi connectivity index (χ4n) is 4.21. The number of benzene rings is 1. The molecule has 6 rings (SSSR count). The van der Waals surface area contributed by atoms with E-state index in [-0.39, 0.29) is 12.4 Å². The summed E-state index contributed by atoms with van der Waals surface area (Å²) in [5.41, 5.74) is 7.84. The highest BCUT2D eigenvalue weighted by Crippen LogP contribution is 2.37. The minimum atomic E-state index is -1.72. The average Bonchev–Trinajstić information content (AvgIpc) is 3.64. The van der Waals surface area contributed by atoms with E-state index in [1.54, 1.807) is 41.5 Å². The Hall–Kier alpha value is -3.81. The molecule has 13 heteroatoms. The van der Waals surface area contributed by atoms with Gasteiger partial charge in [0.2, 0.25) is 0 Å². The van der Waals surface area contributed by atoms with Crippen molar-refractivity contribution in [3.05, 3.63) is 49.2 Å². The summed E-state index contributed by atoms with van der Waals surface area (Å²) in [7, 11) is 1.81. The van der Waals surface area contributed by atoms with Gasteiger partial charge >= 0.3 is 0 Å². The topological polar surface area (TPSA) is 138 Å². The molecule has 4 atom stereocenters. The lowest BCUT2D eigenvalue weighted by atomic mass is 10.1. The molecule has 1 aromatic carbocycles. The molecular weight excluding hydrogens is 475 g/mol. The van der Waals surface area contributed by atoms with Crippen LogP contribution >= 0.6 is 11.3 Å². The summed E-state index contributed by atoms with van der Waals surface area (Å²) in [6, 6.07) is 7.27. The molecule has 4 aromatic heterocycles. The first-order valence-corrected chi connectivity index (χ1v) is 11.6. The van der Waals surface area contributed by atoms with Crippen LogP contribution in [-0.2, 0) is 4.74 Å². The molecule has 4 N–H and O–H groups in total. The van der Waals surface area contributed by atoms with E-state index in [4.69, 9.17) is 15.2 Å². The number of fused-ring (bicyclic) bond motifs is 2. The van der Waals surface area contributed by atoms with Gasteiger partial charge in [0.1, 0.15) is 42.4 Å². The molecule has 5 heterocycles. The number of rotatable bonds is 6. The van der Waals surface area contributed by atoms with Crippen molar-refractivity contribution in [2.75, 3.05) is 24.7 Å². The van der Waals surface area contributed by atoms with Gasteiger partial charge in [-0.3, -0.25) is 0 Å². The fourth-order valence-corrected chi connectivity index (χ4v) is 5.01. The third-order valence-electron chi connectivity index (χ3n) is 5.93. The molecule has 35 heavy (non-hydrogen) atoms. The zero-order chi connectivity index (χ0) is 24.1. The van der Waals surface area contributed by atoms with Crippen molar-refractivity contribution >= 4 is 43.5 Å². The minimum Gasteiger partial charge on any atom is -0.491 e. The number of halogens is 1. The molecule has 1 saturated heterocycles. The molecule has 1 fully saturated rings. The molecule has 0 spiro atoms. The summed E-state index contributed by atoms with van der Waals surface area (Å²) in [6.07, 6.45) is 1.13. The van der Waals surface area contributed by atoms with Crippen molar-refractivity contribution in [1.29, 1.82) is 0 Å². The summed E-state index contributed by atoms with van der Waals surface area (Å²) in [4.78, 5) is 12.8. The van der Waals surface area contributed by atoms with Crippen LogP contribution in [0, 0.1) is 0 Å². The fraction of sp³-hybridized carbons (Fsp3) is 0.273. The highest BCUT2D eigenvalue weighted by molar-refractivity contribution is 7.22. The number of nitrogen functional groups attached to an aromatic ring is 1. The Morgan fingerprint density at radius 2 is 2.23 bits per heavy atom. The van der Waals surface area contributed by atoms with Crippen LogP contribution in [-0.4, -0.2) is 66.4 Å². The number of thiazole rings is 1. The number of alkyl halides is 1. The van der Waals surface area contributed by atoms with Crippen LogP contribution in [0.25, 0.3) is 26.9 Å². The zero-order valence-electron chi connectivity index (χ0n) is 18.4. The number of nitrogens with two attached hydrogens (primary N) is 1. The maximum absolute atomic E-state index is 15.3. The van der Waals surface area contributed by atoms with E-state index in [1.165, 1.54) is 22.2 Å². The Morgan fingerprint density at radius 3 is 3.03 bits per heavy atom. The summed E-state index contributed by atoms with van der Waals surface area (Å²) < 4.78 is 31.2. The highest BCUT2D eigenvalue weighted by atomic mass is 32.1. The number of ether oxygens (including phenoxy) is 2. The maximum Gasteiger partial charge on any atom is 0.183 e. The van der Waals surface area contributed by atoms with Gasteiger partial charge in [0.15, 0.2) is 17.5 Å². The molecule has 0 aliphatic carbocycles. The minimum absolute atomic E-state index is 0.0467. The van der Waals surface area contributed by atoms with Crippen molar-refractivity contribution in [1.82, 2.24) is 29.3 Å². The summed E-state index contributed by atoms with van der Waals surface area (Å²) >= 11 is 1.53. The molecule has 180 valence electrons. The van der Waals surface area contributed by atoms with Gasteiger partial charge in [-0.05, 0) is 18.2 Å². The van der Waals surface area contributed by atoms with Crippen molar-refractivity contribution in [3.63, 3.8) is 0 Å². The molecule has 5 aromatic rings. The van der Waals surface area contributed by atoms with Gasteiger partial charge in [-0.2, -0.15) is 5.10 Å². The maximum atomic E-state index is 15.3. The third kappa shape index (κ3) is 3.64. The number of hydrogen-bond acceptors (Lipinski definition) is 10. The predicted molar refractivity (Wildman–Crippen MR) is 129 cm³/mol. The van der Waals surface area contributed by atoms with Crippen molar-refractivity contribution in [3.8, 4) is 11.4 Å². The average molecular weight is 497 g/mol. The first kappa shape index (κ1) is 21.7. The second-order valence-electron chi connectivity index (χ2n) is 8.04. The molecule has 0 amide bonds. The van der Waals surface area contributed by atoms with Gasteiger partial charge in [0.05, 0.1) is 21.3 Å². The van der Waals surface area contributed by atoms with Crippen LogP contribution in [0.15, 0.2) is 49.2 Å². The van der Waals surface area contributed by atoms with Gasteiger partial charge in [-0.1, -0.05) is 11.3 Å². The van der Waals surface area contributed by atoms with E-state index in [0.29, 0.717) is 22.5 Å². The molecule has 1 aliphatic rings. The monoisotopic (exact) mass is 496 g/mol. The largest absolute Gasteiger partial charge is 0.491 e. The second-order valence-corrected chi connectivity index (χ2v) is 9.07. The van der Waals surface area contributed by atoms with E-state index in [2.05, 4.69) is 25.4 Å². The SMILES string of the molecule is CNc1nc2cc(OC[C@H]3O[C@@H](n4cc(-n5cccn5)c5c(N)ncnc54)[C@@H](F)[C@@H]3O)ccc2s1. The van der Waals surface area contributed by atoms with E-state index in [0.717, 1.165) is 15.3 Å². The van der Waals surface area contributed by atoms with Crippen LogP contribution in [0.5, 0.6) is 5.75 Å². The molecular formula is C22H21FN8O3S. The van der Waals surface area contributed by atoms with Gasteiger partial charge < -0.3 is 30.2 Å². The van der Waals surface area contributed by atoms with E-state index in [1.807, 2.05) is 13.1 Å². The highest BCUT2D eigenvalue weighted by Gasteiger charge is 2.46. The summed E-state index contributed by atoms with van der Waals surface area (Å²) in [6.45, 7) is -0.0467. The lowest BCUT2D eigenvalue weighted by Gasteiger charge is -2.16. The number of anilines is 2. The predicted octanol–water partition coefficient (Wildman–Crippen LogP) is 2.53. The number of hydrogen-bond donors (Lipinski definition) is 3. The smallest absolute Gasteiger partial charge is 0.183 e. The van der Waals surface area contributed by atoms with Gasteiger partial charge in [-0.25, -0.2) is 24.0 Å². The summed E-state index contributed by atoms with van der Waals surface area (Å²) in [5, 5.41) is 19.2. The van der Waals surface area contributed by atoms with Crippen molar-refractivity contribution < 1.29 is 19.0 Å². The van der Waals surface area contributed by atoms with Crippen molar-refractivity contribution in [2.45, 2.75) is 24.6 Å². The molecule has 11 nitrogen and oxygen atoms in total. The van der Waals surface area contributed by atoms with Crippen molar-refractivity contribution in [2.24, 2.45) is 0 Å². The lowest BCUT2D eigenvalue weighted by Crippen LogP contribution is -2.32. The van der Waals surface area contributed by atoms with E-state index in [9.17, 15) is 5.11 Å². The Morgan fingerprint density at radius 1 is 1.34 bits per heavy atom. The van der Waals surface area contributed by atoms with E-state index >= 15 is 4.39 Å². The quantitative estimate of drug-likeness (QED) is 0.324. The third-order valence-corrected chi connectivity index (χ3v) is 6.98. The molecule has 0 unspecified atom stereocenters. The lowest BCUT2D eigenvalue weighted by molar-refractivity contribution is -0.0410. The Labute approximate surface area is 201 Å². The number of nitrogens with zero attached hydrogens (tertiary/aromatic N) is 6. The number of aromatic nitrogens is 6. The molecule has 0 saturated carbocycles. The van der Waals surface area contributed by atoms with Gasteiger partial charge in [0, 0.05) is 31.7 Å².